The highest BCUT2D eigenvalue weighted by Gasteiger charge is 2.40. The third-order valence-corrected chi connectivity index (χ3v) is 2.42. The summed E-state index contributed by atoms with van der Waals surface area (Å²) in [5, 5.41) is 0. The summed E-state index contributed by atoms with van der Waals surface area (Å²) in [5.41, 5.74) is 0.914. The molecule has 0 bridgehead atoms. The van der Waals surface area contributed by atoms with Crippen molar-refractivity contribution in [2.45, 2.75) is 18.4 Å². The van der Waals surface area contributed by atoms with Gasteiger partial charge >= 0.3 is 0 Å². The summed E-state index contributed by atoms with van der Waals surface area (Å²) in [6.45, 7) is 0. The summed E-state index contributed by atoms with van der Waals surface area (Å²) in [6.07, 6.45) is 7.56. The topological polar surface area (TPSA) is 29.4 Å². The molecular weight excluding hydrogens is 174 g/mol. The van der Waals surface area contributed by atoms with Crippen LogP contribution in [0, 0.1) is 0 Å². The predicted octanol–water partition coefficient (Wildman–Crippen LogP) is 2.57. The molecule has 0 amide bonds. The highest BCUT2D eigenvalue weighted by atomic mass is 16.1. The highest BCUT2D eigenvalue weighted by Crippen LogP contribution is 2.41. The number of rotatable bonds is 3. The molecule has 0 radical (unpaired) electrons. The van der Waals surface area contributed by atoms with Gasteiger partial charge in [-0.2, -0.15) is 4.99 Å². The Morgan fingerprint density at radius 1 is 1.29 bits per heavy atom. The highest BCUT2D eigenvalue weighted by molar-refractivity contribution is 5.53. The van der Waals surface area contributed by atoms with Gasteiger partial charge in [-0.25, -0.2) is 4.79 Å². The first-order valence-corrected chi connectivity index (χ1v) is 4.68. The minimum Gasteiger partial charge on any atom is -0.211 e. The third-order valence-electron chi connectivity index (χ3n) is 2.42. The van der Waals surface area contributed by atoms with E-state index in [1.165, 1.54) is 0 Å². The van der Waals surface area contributed by atoms with Gasteiger partial charge in [0.2, 0.25) is 6.08 Å². The summed E-state index contributed by atoms with van der Waals surface area (Å²) in [5.74, 6) is 0. The van der Waals surface area contributed by atoms with Gasteiger partial charge in [0.25, 0.3) is 0 Å². The molecule has 14 heavy (non-hydrogen) atoms. The first kappa shape index (κ1) is 8.92. The average Bonchev–Trinajstić information content (AvgIpc) is 2.98. The van der Waals surface area contributed by atoms with Crippen molar-refractivity contribution in [2.24, 2.45) is 4.99 Å². The Morgan fingerprint density at radius 3 is 2.57 bits per heavy atom. The Morgan fingerprint density at radius 2 is 2.00 bits per heavy atom. The normalized spacial score (nSPS) is 17.7. The van der Waals surface area contributed by atoms with E-state index >= 15 is 0 Å². The average molecular weight is 185 g/mol. The lowest BCUT2D eigenvalue weighted by Crippen LogP contribution is -1.97. The fraction of sp³-hybridized carbons (Fsp3) is 0.250. The number of benzene rings is 1. The summed E-state index contributed by atoms with van der Waals surface area (Å²) < 4.78 is 0. The monoisotopic (exact) mass is 185 g/mol. The molecule has 0 spiro atoms. The van der Waals surface area contributed by atoms with Crippen molar-refractivity contribution in [3.05, 3.63) is 42.0 Å². The molecule has 2 nitrogen and oxygen atoms in total. The Kier molecular flexibility index (Phi) is 2.30. The summed E-state index contributed by atoms with van der Waals surface area (Å²) >= 11 is 0. The first-order chi connectivity index (χ1) is 6.85. The van der Waals surface area contributed by atoms with Crippen molar-refractivity contribution >= 4 is 12.2 Å². The zero-order chi connectivity index (χ0) is 9.86. The molecule has 1 fully saturated rings. The number of isocyanates is 1. The van der Waals surface area contributed by atoms with Gasteiger partial charge in [0.1, 0.15) is 0 Å². The fourth-order valence-electron chi connectivity index (χ4n) is 1.35. The standard InChI is InChI=1S/C12H11NO/c14-10-13-12(8-9-12)7-6-11-4-2-1-3-5-11/h1-7H,8-9H2/b7-6+. The van der Waals surface area contributed by atoms with Crippen LogP contribution >= 0.6 is 0 Å². The van der Waals surface area contributed by atoms with E-state index in [1.807, 2.05) is 42.5 Å². The molecule has 1 aliphatic rings. The van der Waals surface area contributed by atoms with E-state index in [-0.39, 0.29) is 5.54 Å². The van der Waals surface area contributed by atoms with Gasteiger partial charge in [0, 0.05) is 0 Å². The molecular formula is C12H11NO. The molecule has 0 aromatic heterocycles. The quantitative estimate of drug-likeness (QED) is 0.525. The van der Waals surface area contributed by atoms with Gasteiger partial charge in [-0.15, -0.1) is 0 Å². The minimum atomic E-state index is -0.225. The van der Waals surface area contributed by atoms with E-state index in [0.29, 0.717) is 0 Å². The van der Waals surface area contributed by atoms with Crippen LogP contribution in [0.2, 0.25) is 0 Å². The Hall–Kier alpha value is -1.66. The number of carbonyl (C=O) groups excluding carboxylic acids is 1. The van der Waals surface area contributed by atoms with Gasteiger partial charge in [-0.05, 0) is 18.4 Å². The van der Waals surface area contributed by atoms with Crippen LogP contribution in [0.15, 0.2) is 41.4 Å². The molecule has 2 heteroatoms. The number of aliphatic imine (C=N–C) groups is 1. The fourth-order valence-corrected chi connectivity index (χ4v) is 1.35. The SMILES string of the molecule is O=C=NC1(/C=C/c2ccccc2)CC1. The van der Waals surface area contributed by atoms with Crippen LogP contribution in [0.1, 0.15) is 18.4 Å². The molecule has 1 aromatic rings. The Labute approximate surface area is 83.0 Å². The Balaban J connectivity index is 2.11. The molecule has 0 N–H and O–H groups in total. The zero-order valence-electron chi connectivity index (χ0n) is 7.81. The van der Waals surface area contributed by atoms with Crippen LogP contribution in [-0.4, -0.2) is 11.6 Å². The minimum absolute atomic E-state index is 0.225. The molecule has 2 rings (SSSR count). The van der Waals surface area contributed by atoms with Crippen LogP contribution < -0.4 is 0 Å². The van der Waals surface area contributed by atoms with E-state index in [2.05, 4.69) is 4.99 Å². The molecule has 0 atom stereocenters. The van der Waals surface area contributed by atoms with Gasteiger partial charge < -0.3 is 0 Å². The van der Waals surface area contributed by atoms with Crippen molar-refractivity contribution in [3.63, 3.8) is 0 Å². The first-order valence-electron chi connectivity index (χ1n) is 4.68. The van der Waals surface area contributed by atoms with E-state index in [1.54, 1.807) is 6.08 Å². The molecule has 0 aliphatic heterocycles. The summed E-state index contributed by atoms with van der Waals surface area (Å²) in [4.78, 5) is 13.9. The van der Waals surface area contributed by atoms with Crippen LogP contribution in [0.5, 0.6) is 0 Å². The van der Waals surface area contributed by atoms with Gasteiger partial charge in [0.15, 0.2) is 0 Å². The lowest BCUT2D eigenvalue weighted by molar-refractivity contribution is 0.560. The van der Waals surface area contributed by atoms with Gasteiger partial charge in [-0.3, -0.25) is 0 Å². The smallest absolute Gasteiger partial charge is 0.211 e. The second-order valence-electron chi connectivity index (χ2n) is 3.55. The molecule has 70 valence electrons. The number of hydrogen-bond acceptors (Lipinski definition) is 2. The van der Waals surface area contributed by atoms with Crippen molar-refractivity contribution in [1.29, 1.82) is 0 Å². The largest absolute Gasteiger partial charge is 0.235 e. The van der Waals surface area contributed by atoms with Gasteiger partial charge in [0.05, 0.1) is 5.54 Å². The van der Waals surface area contributed by atoms with Gasteiger partial charge in [-0.1, -0.05) is 42.5 Å². The van der Waals surface area contributed by atoms with Crippen LogP contribution in [0.25, 0.3) is 6.08 Å². The molecule has 1 aliphatic carbocycles. The summed E-state index contributed by atoms with van der Waals surface area (Å²) in [6, 6.07) is 10.0. The van der Waals surface area contributed by atoms with Crippen molar-refractivity contribution < 1.29 is 4.79 Å². The van der Waals surface area contributed by atoms with Crippen molar-refractivity contribution in [1.82, 2.24) is 0 Å². The van der Waals surface area contributed by atoms with Crippen molar-refractivity contribution in [2.75, 3.05) is 0 Å². The van der Waals surface area contributed by atoms with E-state index in [4.69, 9.17) is 0 Å². The number of nitrogens with zero attached hydrogens (tertiary/aromatic N) is 1. The van der Waals surface area contributed by atoms with Crippen LogP contribution in [0.3, 0.4) is 0 Å². The zero-order valence-corrected chi connectivity index (χ0v) is 7.81. The van der Waals surface area contributed by atoms with E-state index in [0.717, 1.165) is 18.4 Å². The van der Waals surface area contributed by atoms with Crippen molar-refractivity contribution in [3.8, 4) is 0 Å². The lowest BCUT2D eigenvalue weighted by atomic mass is 10.1. The second-order valence-corrected chi connectivity index (χ2v) is 3.55. The molecule has 0 heterocycles. The maximum absolute atomic E-state index is 10.1. The van der Waals surface area contributed by atoms with E-state index < -0.39 is 0 Å². The maximum Gasteiger partial charge on any atom is 0.235 e. The lowest BCUT2D eigenvalue weighted by Gasteiger charge is -1.97. The second kappa shape index (κ2) is 3.60. The maximum atomic E-state index is 10.1. The molecule has 1 saturated carbocycles. The van der Waals surface area contributed by atoms with Crippen LogP contribution in [-0.2, 0) is 4.79 Å². The number of hydrogen-bond donors (Lipinski definition) is 0. The summed E-state index contributed by atoms with van der Waals surface area (Å²) in [7, 11) is 0. The van der Waals surface area contributed by atoms with E-state index in [9.17, 15) is 4.79 Å². The molecule has 1 aromatic carbocycles. The predicted molar refractivity (Wildman–Crippen MR) is 55.6 cm³/mol. The molecule has 0 saturated heterocycles. The Bertz CT molecular complexity index is 384. The van der Waals surface area contributed by atoms with Crippen LogP contribution in [0.4, 0.5) is 0 Å². The molecule has 0 unspecified atom stereocenters. The third kappa shape index (κ3) is 1.98.